The van der Waals surface area contributed by atoms with E-state index in [1.807, 2.05) is 30.5 Å². The van der Waals surface area contributed by atoms with Crippen molar-refractivity contribution in [1.82, 2.24) is 20.6 Å². The molecule has 9 heteroatoms. The average molecular weight is 481 g/mol. The van der Waals surface area contributed by atoms with Crippen LogP contribution in [0.5, 0.6) is 5.75 Å². The van der Waals surface area contributed by atoms with E-state index in [0.717, 1.165) is 27.9 Å². The molecule has 0 spiro atoms. The Kier molecular flexibility index (Phi) is 7.59. The van der Waals surface area contributed by atoms with E-state index in [1.54, 1.807) is 18.3 Å². The third-order valence-corrected chi connectivity index (χ3v) is 6.45. The number of aliphatic hydroxyl groups is 2. The average Bonchev–Trinajstić information content (AvgIpc) is 3.51. The molecule has 1 amide bonds. The lowest BCUT2D eigenvalue weighted by Crippen LogP contribution is -2.32. The predicted octanol–water partition coefficient (Wildman–Crippen LogP) is 3.01. The zero-order chi connectivity index (χ0) is 24.1. The van der Waals surface area contributed by atoms with Crippen LogP contribution in [0.2, 0.25) is 0 Å². The molecule has 4 aromatic rings. The molecular formula is C25H28N4O4S. The molecule has 8 nitrogen and oxygen atoms in total. The van der Waals surface area contributed by atoms with Gasteiger partial charge in [-0.05, 0) is 54.8 Å². The maximum Gasteiger partial charge on any atom is 0.268 e. The van der Waals surface area contributed by atoms with E-state index < -0.39 is 6.10 Å². The van der Waals surface area contributed by atoms with E-state index >= 15 is 0 Å². The minimum Gasteiger partial charge on any atom is -0.508 e. The summed E-state index contributed by atoms with van der Waals surface area (Å²) in [4.78, 5) is 19.8. The van der Waals surface area contributed by atoms with E-state index in [4.69, 9.17) is 0 Å². The molecule has 2 aromatic carbocycles. The number of rotatable bonds is 10. The molecule has 2 aromatic heterocycles. The van der Waals surface area contributed by atoms with Crippen LogP contribution in [0.3, 0.4) is 0 Å². The molecule has 0 radical (unpaired) electrons. The fourth-order valence-electron chi connectivity index (χ4n) is 3.82. The van der Waals surface area contributed by atoms with Gasteiger partial charge in [0, 0.05) is 40.6 Å². The second-order valence-corrected chi connectivity index (χ2v) is 9.27. The smallest absolute Gasteiger partial charge is 0.268 e. The zero-order valence-corrected chi connectivity index (χ0v) is 19.6. The number of fused-ring (bicyclic) bond motifs is 1. The first kappa shape index (κ1) is 23.9. The van der Waals surface area contributed by atoms with Crippen molar-refractivity contribution in [3.8, 4) is 5.75 Å². The van der Waals surface area contributed by atoms with Crippen LogP contribution < -0.4 is 10.6 Å². The van der Waals surface area contributed by atoms with Gasteiger partial charge in [0.2, 0.25) is 0 Å². The highest BCUT2D eigenvalue weighted by Gasteiger charge is 2.14. The van der Waals surface area contributed by atoms with E-state index in [-0.39, 0.29) is 24.3 Å². The summed E-state index contributed by atoms with van der Waals surface area (Å²) in [6.45, 7) is 2.50. The molecule has 2 heterocycles. The van der Waals surface area contributed by atoms with Crippen molar-refractivity contribution in [2.24, 2.45) is 0 Å². The van der Waals surface area contributed by atoms with Crippen molar-refractivity contribution in [1.29, 1.82) is 0 Å². The minimum atomic E-state index is -0.758. The maximum absolute atomic E-state index is 12.5. The van der Waals surface area contributed by atoms with Gasteiger partial charge >= 0.3 is 0 Å². The van der Waals surface area contributed by atoms with Crippen LogP contribution in [-0.2, 0) is 19.6 Å². The van der Waals surface area contributed by atoms with E-state index in [1.165, 1.54) is 17.4 Å². The number of benzene rings is 2. The van der Waals surface area contributed by atoms with Crippen LogP contribution in [0.1, 0.15) is 45.2 Å². The number of aromatic amines is 1. The van der Waals surface area contributed by atoms with Gasteiger partial charge in [-0.1, -0.05) is 12.1 Å². The summed E-state index contributed by atoms with van der Waals surface area (Å²) >= 11 is 1.50. The molecule has 0 saturated carbocycles. The van der Waals surface area contributed by atoms with Crippen molar-refractivity contribution in [3.05, 3.63) is 81.4 Å². The summed E-state index contributed by atoms with van der Waals surface area (Å²) in [5.74, 6) is -0.157. The first-order chi connectivity index (χ1) is 16.4. The summed E-state index contributed by atoms with van der Waals surface area (Å²) in [5, 5.41) is 39.4. The molecule has 0 aliphatic carbocycles. The fraction of sp³-hybridized carbons (Fsp3) is 0.280. The normalized spacial score (nSPS) is 13.1. The van der Waals surface area contributed by atoms with Crippen LogP contribution in [-0.4, -0.2) is 43.8 Å². The molecule has 6 N–H and O–H groups in total. The number of amides is 1. The van der Waals surface area contributed by atoms with Gasteiger partial charge in [-0.2, -0.15) is 0 Å². The quantitative estimate of drug-likeness (QED) is 0.207. The van der Waals surface area contributed by atoms with E-state index in [2.05, 4.69) is 26.7 Å². The summed E-state index contributed by atoms with van der Waals surface area (Å²) in [7, 11) is 0. The molecule has 0 fully saturated rings. The zero-order valence-electron chi connectivity index (χ0n) is 18.8. The Bertz CT molecular complexity index is 1260. The monoisotopic (exact) mass is 480 g/mol. The molecule has 0 bridgehead atoms. The van der Waals surface area contributed by atoms with Crippen LogP contribution in [0.25, 0.3) is 10.9 Å². The number of aliphatic hydroxyl groups excluding tert-OH is 2. The van der Waals surface area contributed by atoms with Crippen LogP contribution in [0.4, 0.5) is 0 Å². The van der Waals surface area contributed by atoms with Crippen molar-refractivity contribution in [3.63, 3.8) is 0 Å². The number of nitrogens with zero attached hydrogens (tertiary/aromatic N) is 1. The molecule has 0 aliphatic rings. The Morgan fingerprint density at radius 1 is 1.21 bits per heavy atom. The highest BCUT2D eigenvalue weighted by Crippen LogP contribution is 2.23. The first-order valence-electron chi connectivity index (χ1n) is 11.0. The SMILES string of the molecule is C[C@H](Cc1ccc2[nH]c(C(=O)NCc3nccs3)cc2c1)NC[C@H](O)c1ccc(O)c(CO)c1. The maximum atomic E-state index is 12.5. The van der Waals surface area contributed by atoms with Gasteiger partial charge in [0.05, 0.1) is 19.3 Å². The van der Waals surface area contributed by atoms with Gasteiger partial charge in [-0.3, -0.25) is 4.79 Å². The largest absolute Gasteiger partial charge is 0.508 e. The highest BCUT2D eigenvalue weighted by atomic mass is 32.1. The summed E-state index contributed by atoms with van der Waals surface area (Å²) in [6, 6.07) is 12.7. The van der Waals surface area contributed by atoms with Gasteiger partial charge < -0.3 is 30.9 Å². The number of hydrogen-bond donors (Lipinski definition) is 6. The molecule has 4 rings (SSSR count). The molecule has 0 aliphatic heterocycles. The van der Waals surface area contributed by atoms with Crippen molar-refractivity contribution >= 4 is 28.1 Å². The number of H-pyrrole nitrogens is 1. The van der Waals surface area contributed by atoms with Crippen molar-refractivity contribution in [2.75, 3.05) is 6.54 Å². The number of nitrogens with one attached hydrogen (secondary N) is 3. The number of phenols is 1. The molecular weight excluding hydrogens is 452 g/mol. The number of aromatic hydroxyl groups is 1. The molecule has 178 valence electrons. The number of carbonyl (C=O) groups excluding carboxylic acids is 1. The second-order valence-electron chi connectivity index (χ2n) is 8.29. The minimum absolute atomic E-state index is 0.0140. The Morgan fingerprint density at radius 2 is 2.06 bits per heavy atom. The summed E-state index contributed by atoms with van der Waals surface area (Å²) in [6.07, 6.45) is 1.70. The Hall–Kier alpha value is -3.24. The van der Waals surface area contributed by atoms with Gasteiger partial charge in [0.15, 0.2) is 0 Å². The topological polar surface area (TPSA) is 130 Å². The van der Waals surface area contributed by atoms with E-state index in [9.17, 15) is 20.1 Å². The summed E-state index contributed by atoms with van der Waals surface area (Å²) in [5.41, 5.74) is 3.54. The number of carbonyl (C=O) groups is 1. The summed E-state index contributed by atoms with van der Waals surface area (Å²) < 4.78 is 0. The van der Waals surface area contributed by atoms with Crippen LogP contribution >= 0.6 is 11.3 Å². The van der Waals surface area contributed by atoms with Gasteiger partial charge in [-0.25, -0.2) is 4.98 Å². The molecule has 0 unspecified atom stereocenters. The third kappa shape index (κ3) is 5.81. The molecule has 2 atom stereocenters. The Morgan fingerprint density at radius 3 is 2.82 bits per heavy atom. The van der Waals surface area contributed by atoms with Gasteiger partial charge in [-0.15, -0.1) is 11.3 Å². The first-order valence-corrected chi connectivity index (χ1v) is 11.9. The highest BCUT2D eigenvalue weighted by molar-refractivity contribution is 7.09. The lowest BCUT2D eigenvalue weighted by Gasteiger charge is -2.18. The molecule has 34 heavy (non-hydrogen) atoms. The van der Waals surface area contributed by atoms with Crippen molar-refractivity contribution < 1.29 is 20.1 Å². The number of aromatic nitrogens is 2. The lowest BCUT2D eigenvalue weighted by atomic mass is 10.0. The molecule has 0 saturated heterocycles. The van der Waals surface area contributed by atoms with Crippen LogP contribution in [0, 0.1) is 0 Å². The van der Waals surface area contributed by atoms with Crippen molar-refractivity contribution in [2.45, 2.75) is 38.6 Å². The third-order valence-electron chi connectivity index (χ3n) is 5.67. The van der Waals surface area contributed by atoms with E-state index in [0.29, 0.717) is 29.9 Å². The number of thiazole rings is 1. The number of hydrogen-bond acceptors (Lipinski definition) is 7. The van der Waals surface area contributed by atoms with Gasteiger partial charge in [0.1, 0.15) is 16.5 Å². The standard InChI is InChI=1S/C25H28N4O4S/c1-15(27-12-23(32)17-3-5-22(31)19(10-17)14-30)8-16-2-4-20-18(9-16)11-21(29-20)25(33)28-13-24-26-6-7-34-24/h2-7,9-11,15,23,27,29-32H,8,12-14H2,1H3,(H,28,33)/t15-,23+/m1/s1. The second kappa shape index (κ2) is 10.8. The lowest BCUT2D eigenvalue weighted by molar-refractivity contribution is 0.0946. The predicted molar refractivity (Wildman–Crippen MR) is 132 cm³/mol. The Balaban J connectivity index is 1.33. The Labute approximate surface area is 201 Å². The fourth-order valence-corrected chi connectivity index (χ4v) is 4.37. The van der Waals surface area contributed by atoms with Crippen LogP contribution in [0.15, 0.2) is 54.0 Å². The van der Waals surface area contributed by atoms with Gasteiger partial charge in [0.25, 0.3) is 5.91 Å².